The lowest BCUT2D eigenvalue weighted by Gasteiger charge is -2.32. The molecule has 25 heavy (non-hydrogen) atoms. The number of nitrogens with one attached hydrogen (secondary N) is 2. The van der Waals surface area contributed by atoms with Crippen LogP contribution in [0.15, 0.2) is 18.2 Å². The van der Waals surface area contributed by atoms with Gasteiger partial charge in [0.2, 0.25) is 0 Å². The highest BCUT2D eigenvalue weighted by atomic mass is 19.2. The quantitative estimate of drug-likeness (QED) is 0.852. The first-order chi connectivity index (χ1) is 11.5. The molecule has 1 saturated carbocycles. The van der Waals surface area contributed by atoms with Crippen LogP contribution in [0.25, 0.3) is 0 Å². The van der Waals surface area contributed by atoms with Gasteiger partial charge in [0.25, 0.3) is 5.91 Å². The number of alkyl carbamates (subject to hydrolysis) is 1. The SMILES string of the molecule is CC(C)(C)OC(=O)NCC(C)(NC(=O)c1cccc(F)c1F)C1CC1. The van der Waals surface area contributed by atoms with E-state index in [4.69, 9.17) is 4.74 Å². The van der Waals surface area contributed by atoms with E-state index in [0.29, 0.717) is 0 Å². The Morgan fingerprint density at radius 3 is 2.40 bits per heavy atom. The van der Waals surface area contributed by atoms with E-state index in [1.807, 2.05) is 0 Å². The summed E-state index contributed by atoms with van der Waals surface area (Å²) in [7, 11) is 0. The van der Waals surface area contributed by atoms with Crippen molar-refractivity contribution < 1.29 is 23.1 Å². The minimum Gasteiger partial charge on any atom is -0.444 e. The van der Waals surface area contributed by atoms with E-state index >= 15 is 0 Å². The number of rotatable bonds is 5. The van der Waals surface area contributed by atoms with Gasteiger partial charge in [-0.3, -0.25) is 4.79 Å². The van der Waals surface area contributed by atoms with Gasteiger partial charge in [0.05, 0.1) is 11.1 Å². The van der Waals surface area contributed by atoms with Gasteiger partial charge in [-0.2, -0.15) is 0 Å². The van der Waals surface area contributed by atoms with E-state index < -0.39 is 34.8 Å². The highest BCUT2D eigenvalue weighted by Crippen LogP contribution is 2.39. The summed E-state index contributed by atoms with van der Waals surface area (Å²) in [5.41, 5.74) is -1.76. The zero-order valence-electron chi connectivity index (χ0n) is 14.9. The van der Waals surface area contributed by atoms with E-state index in [1.54, 1.807) is 27.7 Å². The van der Waals surface area contributed by atoms with Crippen LogP contribution in [0.2, 0.25) is 0 Å². The van der Waals surface area contributed by atoms with Crippen LogP contribution in [-0.2, 0) is 4.74 Å². The fourth-order valence-corrected chi connectivity index (χ4v) is 2.59. The third-order valence-corrected chi connectivity index (χ3v) is 4.07. The molecule has 2 N–H and O–H groups in total. The molecule has 0 spiro atoms. The van der Waals surface area contributed by atoms with Gasteiger partial charge in [-0.05, 0) is 58.6 Å². The molecule has 0 aliphatic heterocycles. The van der Waals surface area contributed by atoms with Crippen LogP contribution >= 0.6 is 0 Å². The molecular formula is C18H24F2N2O3. The molecular weight excluding hydrogens is 330 g/mol. The molecule has 0 saturated heterocycles. The normalized spacial score (nSPS) is 16.7. The molecule has 7 heteroatoms. The van der Waals surface area contributed by atoms with Gasteiger partial charge in [0, 0.05) is 6.54 Å². The summed E-state index contributed by atoms with van der Waals surface area (Å²) in [6.07, 6.45) is 1.18. The van der Waals surface area contributed by atoms with Gasteiger partial charge in [0.15, 0.2) is 11.6 Å². The smallest absolute Gasteiger partial charge is 0.407 e. The summed E-state index contributed by atoms with van der Waals surface area (Å²) in [6.45, 7) is 7.16. The molecule has 1 atom stereocenters. The Hall–Kier alpha value is -2.18. The Morgan fingerprint density at radius 2 is 1.84 bits per heavy atom. The fraction of sp³-hybridized carbons (Fsp3) is 0.556. The lowest BCUT2D eigenvalue weighted by molar-refractivity contribution is 0.0502. The predicted molar refractivity (Wildman–Crippen MR) is 89.2 cm³/mol. The highest BCUT2D eigenvalue weighted by Gasteiger charge is 2.43. The van der Waals surface area contributed by atoms with Gasteiger partial charge < -0.3 is 15.4 Å². The van der Waals surface area contributed by atoms with Crippen LogP contribution in [0.4, 0.5) is 13.6 Å². The van der Waals surface area contributed by atoms with E-state index in [2.05, 4.69) is 10.6 Å². The van der Waals surface area contributed by atoms with Crippen molar-refractivity contribution in [2.24, 2.45) is 5.92 Å². The van der Waals surface area contributed by atoms with Gasteiger partial charge >= 0.3 is 6.09 Å². The summed E-state index contributed by atoms with van der Waals surface area (Å²) < 4.78 is 32.3. The predicted octanol–water partition coefficient (Wildman–Crippen LogP) is 3.39. The molecule has 0 bridgehead atoms. The molecule has 2 rings (SSSR count). The van der Waals surface area contributed by atoms with Crippen molar-refractivity contribution in [1.29, 1.82) is 0 Å². The minimum atomic E-state index is -1.18. The van der Waals surface area contributed by atoms with Crippen molar-refractivity contribution in [2.75, 3.05) is 6.54 Å². The van der Waals surface area contributed by atoms with Gasteiger partial charge in [-0.25, -0.2) is 13.6 Å². The zero-order chi connectivity index (χ0) is 18.8. The van der Waals surface area contributed by atoms with Crippen molar-refractivity contribution in [1.82, 2.24) is 10.6 Å². The summed E-state index contributed by atoms with van der Waals surface area (Å²) in [5, 5.41) is 5.38. The Kier molecular flexibility index (Phi) is 5.34. The molecule has 1 fully saturated rings. The van der Waals surface area contributed by atoms with E-state index in [9.17, 15) is 18.4 Å². The third kappa shape index (κ3) is 5.14. The molecule has 1 aliphatic rings. The second-order valence-electron chi connectivity index (χ2n) is 7.60. The summed E-state index contributed by atoms with van der Waals surface area (Å²) in [5.74, 6) is -2.81. The van der Waals surface area contributed by atoms with Crippen LogP contribution in [0.3, 0.4) is 0 Å². The number of benzene rings is 1. The molecule has 1 aromatic rings. The number of hydrogen-bond donors (Lipinski definition) is 2. The minimum absolute atomic E-state index is 0.134. The summed E-state index contributed by atoms with van der Waals surface area (Å²) in [6, 6.07) is 3.46. The maximum absolute atomic E-state index is 13.8. The highest BCUT2D eigenvalue weighted by molar-refractivity contribution is 5.95. The lowest BCUT2D eigenvalue weighted by atomic mass is 9.95. The Labute approximate surface area is 146 Å². The van der Waals surface area contributed by atoms with Crippen molar-refractivity contribution in [3.63, 3.8) is 0 Å². The number of ether oxygens (including phenoxy) is 1. The number of carbonyl (C=O) groups excluding carboxylic acids is 2. The number of halogens is 2. The maximum atomic E-state index is 13.8. The van der Waals surface area contributed by atoms with Gasteiger partial charge in [-0.1, -0.05) is 6.07 Å². The second kappa shape index (κ2) is 6.98. The Bertz CT molecular complexity index is 669. The number of carbonyl (C=O) groups is 2. The van der Waals surface area contributed by atoms with Crippen LogP contribution in [0.5, 0.6) is 0 Å². The molecule has 138 valence electrons. The fourth-order valence-electron chi connectivity index (χ4n) is 2.59. The lowest BCUT2D eigenvalue weighted by Crippen LogP contribution is -2.55. The second-order valence-corrected chi connectivity index (χ2v) is 7.60. The van der Waals surface area contributed by atoms with Crippen LogP contribution < -0.4 is 10.6 Å². The molecule has 1 aliphatic carbocycles. The first kappa shape index (κ1) is 19.1. The number of amides is 2. The molecule has 1 aromatic carbocycles. The average molecular weight is 354 g/mol. The molecule has 0 aromatic heterocycles. The number of hydrogen-bond acceptors (Lipinski definition) is 3. The zero-order valence-corrected chi connectivity index (χ0v) is 14.9. The summed E-state index contributed by atoms with van der Waals surface area (Å²) in [4.78, 5) is 24.2. The van der Waals surface area contributed by atoms with E-state index in [-0.39, 0.29) is 18.0 Å². The Morgan fingerprint density at radius 1 is 1.20 bits per heavy atom. The first-order valence-corrected chi connectivity index (χ1v) is 8.25. The van der Waals surface area contributed by atoms with Crippen LogP contribution in [-0.4, -0.2) is 29.7 Å². The monoisotopic (exact) mass is 354 g/mol. The average Bonchev–Trinajstić information content (AvgIpc) is 3.31. The van der Waals surface area contributed by atoms with E-state index in [1.165, 1.54) is 12.1 Å². The van der Waals surface area contributed by atoms with Crippen LogP contribution in [0.1, 0.15) is 50.9 Å². The standard InChI is InChI=1S/C18H24F2N2O3/c1-17(2,3)25-16(24)21-10-18(4,11-8-9-11)22-15(23)12-6-5-7-13(19)14(12)20/h5-7,11H,8-10H2,1-4H3,(H,21,24)(H,22,23). The van der Waals surface area contributed by atoms with Gasteiger partial charge in [-0.15, -0.1) is 0 Å². The van der Waals surface area contributed by atoms with E-state index in [0.717, 1.165) is 18.9 Å². The third-order valence-electron chi connectivity index (χ3n) is 4.07. The van der Waals surface area contributed by atoms with Gasteiger partial charge in [0.1, 0.15) is 5.60 Å². The van der Waals surface area contributed by atoms with Crippen LogP contribution in [0, 0.1) is 17.6 Å². The van der Waals surface area contributed by atoms with Crippen molar-refractivity contribution in [3.05, 3.63) is 35.4 Å². The molecule has 0 heterocycles. The molecule has 5 nitrogen and oxygen atoms in total. The largest absolute Gasteiger partial charge is 0.444 e. The first-order valence-electron chi connectivity index (χ1n) is 8.25. The molecule has 1 unspecified atom stereocenters. The molecule has 2 amide bonds. The maximum Gasteiger partial charge on any atom is 0.407 e. The topological polar surface area (TPSA) is 67.4 Å². The van der Waals surface area contributed by atoms with Crippen molar-refractivity contribution >= 4 is 12.0 Å². The van der Waals surface area contributed by atoms with Crippen molar-refractivity contribution in [2.45, 2.75) is 51.7 Å². The van der Waals surface area contributed by atoms with Crippen molar-refractivity contribution in [3.8, 4) is 0 Å². The Balaban J connectivity index is 2.05. The summed E-state index contributed by atoms with van der Waals surface area (Å²) >= 11 is 0. The molecule has 0 radical (unpaired) electrons.